The molecule has 0 bridgehead atoms. The van der Waals surface area contributed by atoms with Crippen LogP contribution < -0.4 is 20.3 Å². The minimum Gasteiger partial charge on any atom is -0.479 e. The van der Waals surface area contributed by atoms with Crippen LogP contribution in [0.4, 0.5) is 5.69 Å². The molecule has 1 atom stereocenters. The molecule has 2 aromatic rings. The number of hydrogen-bond acceptors (Lipinski definition) is 6. The number of fused-ring (bicyclic) bond motifs is 2. The maximum atomic E-state index is 12.0. The first-order chi connectivity index (χ1) is 17.7. The molecule has 0 fully saturated rings. The van der Waals surface area contributed by atoms with E-state index in [-0.39, 0.29) is 5.97 Å². The Hall–Kier alpha value is -3.06. The second-order valence-corrected chi connectivity index (χ2v) is 10.4. The molecule has 0 aromatic heterocycles. The Morgan fingerprint density at radius 2 is 1.84 bits per heavy atom. The first-order valence-corrected chi connectivity index (χ1v) is 13.8. The van der Waals surface area contributed by atoms with Gasteiger partial charge in [0.2, 0.25) is 0 Å². The Morgan fingerprint density at radius 3 is 2.46 bits per heavy atom. The lowest BCUT2D eigenvalue weighted by atomic mass is 9.82. The molecule has 0 saturated heterocycles. The average molecular weight is 522 g/mol. The number of carbonyl (C=O) groups excluding carboxylic acids is 1. The van der Waals surface area contributed by atoms with E-state index in [0.29, 0.717) is 4.99 Å². The van der Waals surface area contributed by atoms with Gasteiger partial charge in [0.15, 0.2) is 5.60 Å². The third kappa shape index (κ3) is 4.93. The number of nitrogens with zero attached hydrogens (tertiary/aromatic N) is 1. The molecular formula is C30H39N3O3S. The third-order valence-electron chi connectivity index (χ3n) is 7.58. The first-order valence-electron chi connectivity index (χ1n) is 13.4. The number of carbonyl (C=O) groups is 1. The van der Waals surface area contributed by atoms with Gasteiger partial charge in [0.1, 0.15) is 16.5 Å². The lowest BCUT2D eigenvalue weighted by molar-refractivity contribution is -0.132. The van der Waals surface area contributed by atoms with E-state index in [1.54, 1.807) is 0 Å². The first kappa shape index (κ1) is 27.0. The van der Waals surface area contributed by atoms with Crippen LogP contribution in [0.2, 0.25) is 0 Å². The molecule has 7 heteroatoms. The van der Waals surface area contributed by atoms with Crippen molar-refractivity contribution >= 4 is 34.9 Å². The van der Waals surface area contributed by atoms with Crippen molar-refractivity contribution < 1.29 is 14.3 Å². The van der Waals surface area contributed by atoms with Gasteiger partial charge in [-0.2, -0.15) is 0 Å². The van der Waals surface area contributed by atoms with E-state index < -0.39 is 5.60 Å². The Morgan fingerprint density at radius 1 is 1.14 bits per heavy atom. The summed E-state index contributed by atoms with van der Waals surface area (Å²) in [6.07, 6.45) is 8.67. The van der Waals surface area contributed by atoms with E-state index >= 15 is 0 Å². The summed E-state index contributed by atoms with van der Waals surface area (Å²) in [6.45, 7) is 14.2. The number of esters is 1. The molecule has 0 aliphatic carbocycles. The van der Waals surface area contributed by atoms with Crippen LogP contribution in [-0.4, -0.2) is 21.7 Å². The molecule has 2 aliphatic rings. The van der Waals surface area contributed by atoms with E-state index in [0.717, 1.165) is 78.0 Å². The Balaban J connectivity index is 1.67. The number of benzene rings is 2. The van der Waals surface area contributed by atoms with Gasteiger partial charge in [-0.25, -0.2) is 5.12 Å². The lowest BCUT2D eigenvalue weighted by Gasteiger charge is -2.42. The number of hydrazine groups is 2. The van der Waals surface area contributed by atoms with Crippen molar-refractivity contribution in [3.8, 4) is 11.5 Å². The lowest BCUT2D eigenvalue weighted by Crippen LogP contribution is -2.56. The van der Waals surface area contributed by atoms with Gasteiger partial charge in [-0.15, -0.1) is 0 Å². The molecule has 1 unspecified atom stereocenters. The highest BCUT2D eigenvalue weighted by Gasteiger charge is 2.42. The van der Waals surface area contributed by atoms with Crippen molar-refractivity contribution in [2.45, 2.75) is 92.6 Å². The number of thiocarbonyl (C=S) groups is 1. The van der Waals surface area contributed by atoms with Crippen LogP contribution in [0.3, 0.4) is 0 Å². The van der Waals surface area contributed by atoms with Crippen LogP contribution >= 0.6 is 12.2 Å². The molecule has 37 heavy (non-hydrogen) atoms. The van der Waals surface area contributed by atoms with Crippen molar-refractivity contribution in [2.75, 3.05) is 5.43 Å². The predicted molar refractivity (Wildman–Crippen MR) is 154 cm³/mol. The molecule has 2 aliphatic heterocycles. The van der Waals surface area contributed by atoms with Gasteiger partial charge in [0, 0.05) is 40.9 Å². The highest BCUT2D eigenvalue weighted by Crippen LogP contribution is 2.46. The van der Waals surface area contributed by atoms with Crippen molar-refractivity contribution in [2.24, 2.45) is 0 Å². The molecule has 0 spiro atoms. The minimum absolute atomic E-state index is 0.287. The van der Waals surface area contributed by atoms with Crippen LogP contribution in [0.15, 0.2) is 18.3 Å². The zero-order valence-corrected chi connectivity index (χ0v) is 23.9. The van der Waals surface area contributed by atoms with Crippen LogP contribution in [-0.2, 0) is 30.5 Å². The van der Waals surface area contributed by atoms with Gasteiger partial charge in [0.25, 0.3) is 0 Å². The summed E-state index contributed by atoms with van der Waals surface area (Å²) >= 11 is 6.01. The second kappa shape index (κ2) is 10.7. The number of anilines is 1. The zero-order chi connectivity index (χ0) is 26.9. The summed E-state index contributed by atoms with van der Waals surface area (Å²) in [4.78, 5) is 12.6. The topological polar surface area (TPSA) is 62.8 Å². The second-order valence-electron chi connectivity index (χ2n) is 9.96. The predicted octanol–water partition coefficient (Wildman–Crippen LogP) is 6.54. The number of ether oxygens (including phenoxy) is 2. The van der Waals surface area contributed by atoms with E-state index in [1.165, 1.54) is 23.6 Å². The molecule has 6 nitrogen and oxygen atoms in total. The van der Waals surface area contributed by atoms with E-state index in [9.17, 15) is 4.79 Å². The van der Waals surface area contributed by atoms with Crippen molar-refractivity contribution in [3.63, 3.8) is 0 Å². The Labute approximate surface area is 226 Å². The average Bonchev–Trinajstić information content (AvgIpc) is 2.86. The smallest absolute Gasteiger partial charge is 0.308 e. The van der Waals surface area contributed by atoms with Crippen molar-refractivity contribution in [1.29, 1.82) is 0 Å². The standard InChI is InChI=1S/C30H39N3O3S/c1-8-21-22(9-2)28-25(23(10-3)27(21)35-20(7)34)12-14-30(11-4,36-28)29(37)32-33-15-13-24-19(6)16-18(5)17-26(24)31-33/h13,15-17,31H,8-12,14H2,1-7H3,(H,32,37). The number of nitrogens with one attached hydrogen (secondary N) is 2. The molecule has 198 valence electrons. The quantitative estimate of drug-likeness (QED) is 0.244. The Kier molecular flexibility index (Phi) is 7.83. The van der Waals surface area contributed by atoms with Crippen LogP contribution in [0.25, 0.3) is 6.08 Å². The minimum atomic E-state index is -0.635. The SMILES string of the molecule is CCc1c(CC)c2c(c(CC)c1OC(C)=O)CCC(CC)(C(=S)NN1C=Cc3c(C)cc(C)cc3N1)O2. The van der Waals surface area contributed by atoms with Crippen LogP contribution in [0.5, 0.6) is 11.5 Å². The maximum Gasteiger partial charge on any atom is 0.308 e. The highest BCUT2D eigenvalue weighted by atomic mass is 32.1. The number of aryl methyl sites for hydroxylation is 2. The fourth-order valence-corrected chi connectivity index (χ4v) is 6.10. The van der Waals surface area contributed by atoms with Gasteiger partial charge in [-0.3, -0.25) is 15.6 Å². The molecule has 2 heterocycles. The summed E-state index contributed by atoms with van der Waals surface area (Å²) in [7, 11) is 0. The summed E-state index contributed by atoms with van der Waals surface area (Å²) in [5.74, 6) is 1.36. The normalized spacial score (nSPS) is 17.9. The van der Waals surface area contributed by atoms with Gasteiger partial charge in [-0.05, 0) is 75.6 Å². The van der Waals surface area contributed by atoms with E-state index in [2.05, 4.69) is 70.6 Å². The van der Waals surface area contributed by atoms with Crippen LogP contribution in [0, 0.1) is 13.8 Å². The van der Waals surface area contributed by atoms with Crippen molar-refractivity contribution in [3.05, 3.63) is 57.3 Å². The molecule has 0 saturated carbocycles. The molecular weight excluding hydrogens is 482 g/mol. The zero-order valence-electron chi connectivity index (χ0n) is 23.1. The van der Waals surface area contributed by atoms with E-state index in [4.69, 9.17) is 21.7 Å². The molecule has 2 N–H and O–H groups in total. The van der Waals surface area contributed by atoms with Crippen molar-refractivity contribution in [1.82, 2.24) is 10.5 Å². The summed E-state index contributed by atoms with van der Waals surface area (Å²) < 4.78 is 12.7. The van der Waals surface area contributed by atoms with Gasteiger partial charge >= 0.3 is 5.97 Å². The Bertz CT molecular complexity index is 1240. The molecule has 0 amide bonds. The molecule has 4 rings (SSSR count). The van der Waals surface area contributed by atoms with Gasteiger partial charge in [-0.1, -0.05) is 46.0 Å². The number of rotatable bonds is 7. The third-order valence-corrected chi connectivity index (χ3v) is 8.04. The number of hydrogen-bond donors (Lipinski definition) is 2. The molecule has 0 radical (unpaired) electrons. The van der Waals surface area contributed by atoms with Gasteiger partial charge in [0.05, 0.1) is 5.69 Å². The van der Waals surface area contributed by atoms with Gasteiger partial charge < -0.3 is 9.47 Å². The summed E-state index contributed by atoms with van der Waals surface area (Å²) in [6, 6.07) is 4.32. The molecule has 2 aromatic carbocycles. The summed E-state index contributed by atoms with van der Waals surface area (Å²) in [5, 5.41) is 1.82. The summed E-state index contributed by atoms with van der Waals surface area (Å²) in [5.41, 5.74) is 15.3. The fraction of sp³-hybridized carbons (Fsp3) is 0.467. The fourth-order valence-electron chi connectivity index (χ4n) is 5.72. The monoisotopic (exact) mass is 521 g/mol. The van der Waals surface area contributed by atoms with E-state index in [1.807, 2.05) is 11.3 Å². The largest absolute Gasteiger partial charge is 0.479 e. The highest BCUT2D eigenvalue weighted by molar-refractivity contribution is 7.80. The maximum absolute atomic E-state index is 12.0. The van der Waals surface area contributed by atoms with Crippen LogP contribution in [0.1, 0.15) is 86.4 Å².